The van der Waals surface area contributed by atoms with E-state index in [1.807, 2.05) is 44.2 Å². The number of nitrogens with one attached hydrogen (secondary N) is 1. The van der Waals surface area contributed by atoms with Crippen LogP contribution in [0.15, 0.2) is 89.8 Å². The minimum Gasteiger partial charge on any atom is -0.352 e. The number of nitrogens with zero attached hydrogens (tertiary/aromatic N) is 2. The number of para-hydroxylation sites is 1. The fourth-order valence-corrected chi connectivity index (χ4v) is 5.37. The van der Waals surface area contributed by atoms with Crippen LogP contribution >= 0.6 is 0 Å². The van der Waals surface area contributed by atoms with Gasteiger partial charge in [0.2, 0.25) is 11.8 Å². The standard InChI is InChI=1S/C29H34FN3O4S/c1-4-22(2)31-29(35)23(3)32(20-19-24-13-7-5-8-14-24)28(34)21-33(27-18-12-11-17-26(27)30)38(36,37)25-15-9-6-10-16-25/h5-18,22-23H,4,19-21H2,1-3H3,(H,31,35)/t22-,23+/m1/s1. The average molecular weight is 540 g/mol. The molecule has 2 amide bonds. The van der Waals surface area contributed by atoms with Gasteiger partial charge in [-0.2, -0.15) is 0 Å². The summed E-state index contributed by atoms with van der Waals surface area (Å²) in [6, 6.07) is 21.5. The Morgan fingerprint density at radius 1 is 0.895 bits per heavy atom. The first-order valence-electron chi connectivity index (χ1n) is 12.6. The van der Waals surface area contributed by atoms with Gasteiger partial charge in [-0.25, -0.2) is 12.8 Å². The maximum Gasteiger partial charge on any atom is 0.264 e. The van der Waals surface area contributed by atoms with Crippen molar-refractivity contribution in [3.8, 4) is 0 Å². The van der Waals surface area contributed by atoms with Gasteiger partial charge >= 0.3 is 0 Å². The van der Waals surface area contributed by atoms with E-state index in [9.17, 15) is 22.4 Å². The Labute approximate surface area is 224 Å². The number of halogens is 1. The van der Waals surface area contributed by atoms with Crippen molar-refractivity contribution in [3.05, 3.63) is 96.3 Å². The van der Waals surface area contributed by atoms with Crippen LogP contribution in [0, 0.1) is 5.82 Å². The van der Waals surface area contributed by atoms with E-state index >= 15 is 0 Å². The molecule has 0 bridgehead atoms. The highest BCUT2D eigenvalue weighted by atomic mass is 32.2. The largest absolute Gasteiger partial charge is 0.352 e. The van der Waals surface area contributed by atoms with Crippen LogP contribution in [0.1, 0.15) is 32.8 Å². The molecule has 9 heteroatoms. The molecule has 0 saturated heterocycles. The van der Waals surface area contributed by atoms with Gasteiger partial charge in [0.1, 0.15) is 18.4 Å². The van der Waals surface area contributed by atoms with Crippen LogP contribution in [-0.2, 0) is 26.0 Å². The Morgan fingerprint density at radius 3 is 2.08 bits per heavy atom. The Bertz CT molecular complexity index is 1320. The summed E-state index contributed by atoms with van der Waals surface area (Å²) in [6.07, 6.45) is 1.17. The lowest BCUT2D eigenvalue weighted by Crippen LogP contribution is -2.53. The Hall–Kier alpha value is -3.72. The summed E-state index contributed by atoms with van der Waals surface area (Å²) in [4.78, 5) is 28.0. The molecule has 0 aliphatic carbocycles. The molecule has 0 fully saturated rings. The zero-order chi connectivity index (χ0) is 27.7. The van der Waals surface area contributed by atoms with E-state index in [1.54, 1.807) is 25.1 Å². The summed E-state index contributed by atoms with van der Waals surface area (Å²) in [7, 11) is -4.30. The van der Waals surface area contributed by atoms with Crippen molar-refractivity contribution in [2.24, 2.45) is 0 Å². The molecule has 2 atom stereocenters. The second-order valence-corrected chi connectivity index (χ2v) is 11.0. The normalized spacial score (nSPS) is 12.8. The quantitative estimate of drug-likeness (QED) is 0.370. The predicted molar refractivity (Wildman–Crippen MR) is 147 cm³/mol. The molecule has 0 aliphatic rings. The molecule has 3 aromatic carbocycles. The number of anilines is 1. The van der Waals surface area contributed by atoms with E-state index in [-0.39, 0.29) is 29.1 Å². The van der Waals surface area contributed by atoms with Gasteiger partial charge in [-0.1, -0.05) is 67.6 Å². The van der Waals surface area contributed by atoms with Crippen LogP contribution in [-0.4, -0.2) is 50.3 Å². The first-order chi connectivity index (χ1) is 18.1. The van der Waals surface area contributed by atoms with E-state index in [0.29, 0.717) is 12.8 Å². The van der Waals surface area contributed by atoms with Crippen LogP contribution < -0.4 is 9.62 Å². The predicted octanol–water partition coefficient (Wildman–Crippen LogP) is 4.40. The molecule has 0 spiro atoms. The number of hydrogen-bond donors (Lipinski definition) is 1. The summed E-state index contributed by atoms with van der Waals surface area (Å²) < 4.78 is 42.9. The number of amides is 2. The van der Waals surface area contributed by atoms with Gasteiger partial charge in [0.15, 0.2) is 0 Å². The van der Waals surface area contributed by atoms with Crippen molar-refractivity contribution in [1.82, 2.24) is 10.2 Å². The Balaban J connectivity index is 1.97. The van der Waals surface area contributed by atoms with Gasteiger partial charge < -0.3 is 10.2 Å². The zero-order valence-electron chi connectivity index (χ0n) is 21.9. The Kier molecular flexibility index (Phi) is 10.0. The van der Waals surface area contributed by atoms with E-state index in [2.05, 4.69) is 5.32 Å². The summed E-state index contributed by atoms with van der Waals surface area (Å²) in [6.45, 7) is 4.92. The molecule has 1 N–H and O–H groups in total. The highest BCUT2D eigenvalue weighted by Gasteiger charge is 2.33. The van der Waals surface area contributed by atoms with Crippen LogP contribution in [0.3, 0.4) is 0 Å². The molecule has 0 aromatic heterocycles. The van der Waals surface area contributed by atoms with E-state index in [1.165, 1.54) is 35.2 Å². The van der Waals surface area contributed by atoms with Gasteiger partial charge in [-0.05, 0) is 56.5 Å². The van der Waals surface area contributed by atoms with Crippen molar-refractivity contribution in [3.63, 3.8) is 0 Å². The third-order valence-electron chi connectivity index (χ3n) is 6.38. The third kappa shape index (κ3) is 7.19. The molecular weight excluding hydrogens is 505 g/mol. The number of carbonyl (C=O) groups is 2. The summed E-state index contributed by atoms with van der Waals surface area (Å²) >= 11 is 0. The first kappa shape index (κ1) is 28.8. The maximum absolute atomic E-state index is 14.9. The van der Waals surface area contributed by atoms with Crippen molar-refractivity contribution < 1.29 is 22.4 Å². The number of sulfonamides is 1. The lowest BCUT2D eigenvalue weighted by atomic mass is 10.1. The smallest absolute Gasteiger partial charge is 0.264 e. The lowest BCUT2D eigenvalue weighted by Gasteiger charge is -2.32. The monoisotopic (exact) mass is 539 g/mol. The molecule has 3 rings (SSSR count). The number of carbonyl (C=O) groups excluding carboxylic acids is 2. The minimum atomic E-state index is -4.30. The molecule has 38 heavy (non-hydrogen) atoms. The summed E-state index contributed by atoms with van der Waals surface area (Å²) in [5.41, 5.74) is 0.715. The molecule has 0 radical (unpaired) electrons. The summed E-state index contributed by atoms with van der Waals surface area (Å²) in [5.74, 6) is -1.74. The van der Waals surface area contributed by atoms with E-state index in [0.717, 1.165) is 15.9 Å². The topological polar surface area (TPSA) is 86.8 Å². The third-order valence-corrected chi connectivity index (χ3v) is 8.16. The van der Waals surface area contributed by atoms with Gasteiger partial charge in [0.05, 0.1) is 10.6 Å². The highest BCUT2D eigenvalue weighted by molar-refractivity contribution is 7.92. The lowest BCUT2D eigenvalue weighted by molar-refractivity contribution is -0.139. The fourth-order valence-electron chi connectivity index (χ4n) is 3.92. The maximum atomic E-state index is 14.9. The van der Waals surface area contributed by atoms with Crippen LogP contribution in [0.25, 0.3) is 0 Å². The van der Waals surface area contributed by atoms with Crippen LogP contribution in [0.2, 0.25) is 0 Å². The highest BCUT2D eigenvalue weighted by Crippen LogP contribution is 2.26. The van der Waals surface area contributed by atoms with Crippen molar-refractivity contribution in [2.45, 2.75) is 50.6 Å². The van der Waals surface area contributed by atoms with Gasteiger partial charge in [-0.3, -0.25) is 13.9 Å². The van der Waals surface area contributed by atoms with Crippen molar-refractivity contribution in [2.75, 3.05) is 17.4 Å². The van der Waals surface area contributed by atoms with Crippen LogP contribution in [0.5, 0.6) is 0 Å². The molecule has 0 saturated carbocycles. The molecule has 0 aliphatic heterocycles. The second-order valence-electron chi connectivity index (χ2n) is 9.09. The second kappa shape index (κ2) is 13.2. The van der Waals surface area contributed by atoms with E-state index < -0.39 is 34.3 Å². The fraction of sp³-hybridized carbons (Fsp3) is 0.310. The first-order valence-corrected chi connectivity index (χ1v) is 14.0. The minimum absolute atomic E-state index is 0.0746. The molecule has 0 unspecified atom stereocenters. The molecule has 0 heterocycles. The van der Waals surface area contributed by atoms with Crippen LogP contribution in [0.4, 0.5) is 10.1 Å². The van der Waals surface area contributed by atoms with Gasteiger partial charge in [0.25, 0.3) is 10.0 Å². The molecule has 202 valence electrons. The molecular formula is C29H34FN3O4S. The van der Waals surface area contributed by atoms with Crippen molar-refractivity contribution in [1.29, 1.82) is 0 Å². The number of hydrogen-bond acceptors (Lipinski definition) is 4. The van der Waals surface area contributed by atoms with Crippen molar-refractivity contribution >= 4 is 27.5 Å². The van der Waals surface area contributed by atoms with E-state index in [4.69, 9.17) is 0 Å². The Morgan fingerprint density at radius 2 is 1.47 bits per heavy atom. The zero-order valence-corrected chi connectivity index (χ0v) is 22.7. The summed E-state index contributed by atoms with van der Waals surface area (Å²) in [5, 5.41) is 2.89. The molecule has 7 nitrogen and oxygen atoms in total. The average Bonchev–Trinajstić information content (AvgIpc) is 2.93. The molecule has 3 aromatic rings. The number of benzene rings is 3. The SMILES string of the molecule is CC[C@@H](C)NC(=O)[C@H](C)N(CCc1ccccc1)C(=O)CN(c1ccccc1F)S(=O)(=O)c1ccccc1. The van der Waals surface area contributed by atoms with Gasteiger partial charge in [-0.15, -0.1) is 0 Å². The van der Waals surface area contributed by atoms with Gasteiger partial charge in [0, 0.05) is 12.6 Å². The number of rotatable bonds is 12.